The lowest BCUT2D eigenvalue weighted by Gasteiger charge is -2.23. The van der Waals surface area contributed by atoms with E-state index in [-0.39, 0.29) is 45.2 Å². The topological polar surface area (TPSA) is 104 Å². The van der Waals surface area contributed by atoms with E-state index in [9.17, 15) is 14.2 Å². The number of alkyl halides is 1. The van der Waals surface area contributed by atoms with Crippen LogP contribution in [-0.4, -0.2) is 73.3 Å². The zero-order valence-corrected chi connectivity index (χ0v) is 49.8. The Hall–Kier alpha value is -2.43. The first kappa shape index (κ1) is 67.7. The minimum absolute atomic E-state index is 0.172. The Balaban J connectivity index is 1.73. The van der Waals surface area contributed by atoms with Crippen LogP contribution >= 0.6 is 23.8 Å². The number of amides is 2. The Bertz CT molecular complexity index is 1480. The van der Waals surface area contributed by atoms with Crippen molar-refractivity contribution in [3.63, 3.8) is 0 Å². The van der Waals surface area contributed by atoms with Gasteiger partial charge in [0.15, 0.2) is 0 Å². The van der Waals surface area contributed by atoms with Gasteiger partial charge < -0.3 is 19.3 Å². The summed E-state index contributed by atoms with van der Waals surface area (Å²) < 4.78 is 42.5. The molecule has 426 valence electrons. The predicted molar refractivity (Wildman–Crippen MR) is 313 cm³/mol. The molecule has 0 heterocycles. The first-order valence-corrected chi connectivity index (χ1v) is 33.0. The normalized spacial score (nSPS) is 11.6. The quantitative estimate of drug-likeness (QED) is 0.0367. The van der Waals surface area contributed by atoms with Gasteiger partial charge in [-0.3, -0.25) is 13.6 Å². The molecular weight excluding hydrogens is 1010 g/mol. The molecule has 0 aliphatic rings. The number of nitrogens with zero attached hydrogens (tertiary/aromatic N) is 2. The van der Waals surface area contributed by atoms with Crippen LogP contribution in [0.15, 0.2) is 60.7 Å². The summed E-state index contributed by atoms with van der Waals surface area (Å²) in [6.07, 6.45) is 43.6. The molecule has 2 amide bonds. The van der Waals surface area contributed by atoms with Crippen LogP contribution < -0.4 is 0 Å². The lowest BCUT2D eigenvalue weighted by molar-refractivity contribution is 0.0904. The fourth-order valence-corrected chi connectivity index (χ4v) is 11.0. The van der Waals surface area contributed by atoms with Gasteiger partial charge in [0.05, 0.1) is 19.8 Å². The number of rotatable bonds is 53. The minimum atomic E-state index is -3.83. The van der Waals surface area contributed by atoms with Crippen molar-refractivity contribution in [1.29, 1.82) is 0 Å². The molecule has 2 aromatic carbocycles. The predicted octanol–water partition coefficient (Wildman–Crippen LogP) is 19.9. The number of carbonyl (C=O) groups excluding carboxylic acids is 2. The maximum atomic E-state index is 13.7. The summed E-state index contributed by atoms with van der Waals surface area (Å²) in [4.78, 5) is 30.3. The van der Waals surface area contributed by atoms with Crippen LogP contribution in [0.25, 0.3) is 0 Å². The lowest BCUT2D eigenvalue weighted by Crippen LogP contribution is -2.33. The summed E-state index contributed by atoms with van der Waals surface area (Å²) in [5.41, 5.74) is 1.92. The van der Waals surface area contributed by atoms with E-state index >= 15 is 0 Å². The highest BCUT2D eigenvalue weighted by molar-refractivity contribution is 9.09. The average molecular weight is 1120 g/mol. The standard InChI is InChI=1S/C62H108BrN2O8P/c1-3-5-7-9-11-13-15-17-19-21-23-25-27-29-31-39-50-64(61(66)69-57-59-45-35-33-36-46-59)52-41-43-54-71-74(68,73-56-49-63)72-55-44-42-53-65(62(67)70-58-60-47-37-34-38-48-60)51-40-32-30-28-26-24-22-20-18-16-14-12-10-8-6-4-2/h33-38,45-48H,3-32,39-44,49-58H2,1-2H3. The third-order valence-corrected chi connectivity index (χ3v) is 15.8. The highest BCUT2D eigenvalue weighted by Crippen LogP contribution is 2.49. The summed E-state index contributed by atoms with van der Waals surface area (Å²) in [6, 6.07) is 19.6. The Morgan fingerprint density at radius 3 is 0.919 bits per heavy atom. The minimum Gasteiger partial charge on any atom is -0.445 e. The van der Waals surface area contributed by atoms with Gasteiger partial charge in [-0.25, -0.2) is 14.2 Å². The van der Waals surface area contributed by atoms with Crippen LogP contribution in [0.4, 0.5) is 9.59 Å². The molecule has 0 radical (unpaired) electrons. The van der Waals surface area contributed by atoms with Gasteiger partial charge in [-0.1, -0.05) is 283 Å². The molecule has 12 heteroatoms. The van der Waals surface area contributed by atoms with E-state index in [1.165, 1.54) is 180 Å². The fraction of sp³-hybridized carbons (Fsp3) is 0.774. The number of hydrogen-bond acceptors (Lipinski definition) is 8. The molecule has 0 saturated carbocycles. The molecule has 0 spiro atoms. The van der Waals surface area contributed by atoms with E-state index < -0.39 is 7.82 Å². The summed E-state index contributed by atoms with van der Waals surface area (Å²) in [6.45, 7) is 7.88. The molecule has 0 saturated heterocycles. The van der Waals surface area contributed by atoms with Gasteiger partial charge in [-0.05, 0) is 49.7 Å². The van der Waals surface area contributed by atoms with Gasteiger partial charge in [0.25, 0.3) is 0 Å². The third kappa shape index (κ3) is 39.9. The Morgan fingerprint density at radius 2 is 0.635 bits per heavy atom. The number of phosphoric ester groups is 1. The van der Waals surface area contributed by atoms with Crippen LogP contribution in [0.3, 0.4) is 0 Å². The smallest absolute Gasteiger partial charge is 0.445 e. The summed E-state index contributed by atoms with van der Waals surface area (Å²) in [5.74, 6) is 0. The molecule has 0 N–H and O–H groups in total. The first-order chi connectivity index (χ1) is 36.4. The first-order valence-electron chi connectivity index (χ1n) is 30.4. The van der Waals surface area contributed by atoms with E-state index in [1.807, 2.05) is 70.5 Å². The van der Waals surface area contributed by atoms with Crippen LogP contribution in [0.1, 0.15) is 256 Å². The van der Waals surface area contributed by atoms with Gasteiger partial charge in [0.2, 0.25) is 0 Å². The number of benzene rings is 2. The number of ether oxygens (including phenoxy) is 2. The van der Waals surface area contributed by atoms with E-state index in [2.05, 4.69) is 29.8 Å². The van der Waals surface area contributed by atoms with E-state index in [4.69, 9.17) is 23.0 Å². The number of halogens is 1. The van der Waals surface area contributed by atoms with Crippen molar-refractivity contribution < 1.29 is 37.2 Å². The summed E-state index contributed by atoms with van der Waals surface area (Å²) >= 11 is 3.37. The Morgan fingerprint density at radius 1 is 0.378 bits per heavy atom. The third-order valence-electron chi connectivity index (χ3n) is 14.0. The van der Waals surface area contributed by atoms with Crippen molar-refractivity contribution in [2.24, 2.45) is 0 Å². The highest BCUT2D eigenvalue weighted by atomic mass is 79.9. The zero-order valence-electron chi connectivity index (χ0n) is 47.3. The molecule has 0 aromatic heterocycles. The monoisotopic (exact) mass is 1120 g/mol. The molecule has 2 aromatic rings. The second-order valence-electron chi connectivity index (χ2n) is 20.7. The van der Waals surface area contributed by atoms with Crippen LogP contribution in [-0.2, 0) is 40.8 Å². The van der Waals surface area contributed by atoms with Gasteiger partial charge in [-0.15, -0.1) is 0 Å². The fourth-order valence-electron chi connectivity index (χ4n) is 9.33. The number of unbranched alkanes of at least 4 members (excludes halogenated alkanes) is 32. The summed E-state index contributed by atoms with van der Waals surface area (Å²) in [5, 5.41) is 0.489. The van der Waals surface area contributed by atoms with Gasteiger partial charge >= 0.3 is 20.0 Å². The second-order valence-corrected chi connectivity index (χ2v) is 23.2. The Kier molecular flexibility index (Phi) is 45.8. The Labute approximate surface area is 462 Å². The molecule has 0 bridgehead atoms. The molecule has 2 rings (SSSR count). The lowest BCUT2D eigenvalue weighted by atomic mass is 10.0. The second kappa shape index (κ2) is 50.1. The maximum absolute atomic E-state index is 13.7. The molecule has 0 unspecified atom stereocenters. The van der Waals surface area contributed by atoms with Crippen molar-refractivity contribution in [3.8, 4) is 0 Å². The van der Waals surface area contributed by atoms with Gasteiger partial charge in [0.1, 0.15) is 13.2 Å². The summed E-state index contributed by atoms with van der Waals surface area (Å²) in [7, 11) is -3.83. The molecular formula is C62H108BrN2O8P. The SMILES string of the molecule is CCCCCCCCCCCCCCCCCCN(CCCCOP(=O)(OCCBr)OCCCCN(CCCCCCCCCCCCCCCCCC)C(=O)OCc1ccccc1)C(=O)OCc1ccccc1. The molecule has 0 aliphatic heterocycles. The van der Waals surface area contributed by atoms with Crippen LogP contribution in [0.5, 0.6) is 0 Å². The van der Waals surface area contributed by atoms with Gasteiger partial charge in [-0.2, -0.15) is 0 Å². The van der Waals surface area contributed by atoms with Crippen molar-refractivity contribution in [3.05, 3.63) is 71.8 Å². The average Bonchev–Trinajstić information content (AvgIpc) is 3.42. The van der Waals surface area contributed by atoms with Crippen molar-refractivity contribution >= 4 is 35.9 Å². The van der Waals surface area contributed by atoms with E-state index in [1.54, 1.807) is 0 Å². The molecule has 0 atom stereocenters. The molecule has 10 nitrogen and oxygen atoms in total. The van der Waals surface area contributed by atoms with Crippen molar-refractivity contribution in [2.75, 3.05) is 51.3 Å². The van der Waals surface area contributed by atoms with Gasteiger partial charge in [0, 0.05) is 31.5 Å². The largest absolute Gasteiger partial charge is 0.474 e. The molecule has 0 fully saturated rings. The van der Waals surface area contributed by atoms with Crippen molar-refractivity contribution in [2.45, 2.75) is 258 Å². The van der Waals surface area contributed by atoms with Crippen LogP contribution in [0.2, 0.25) is 0 Å². The zero-order chi connectivity index (χ0) is 53.1. The maximum Gasteiger partial charge on any atom is 0.474 e. The van der Waals surface area contributed by atoms with Crippen LogP contribution in [0, 0.1) is 0 Å². The highest BCUT2D eigenvalue weighted by Gasteiger charge is 2.26. The van der Waals surface area contributed by atoms with E-state index in [0.717, 1.165) is 36.8 Å². The van der Waals surface area contributed by atoms with Crippen molar-refractivity contribution in [1.82, 2.24) is 9.80 Å². The number of hydrogen-bond donors (Lipinski definition) is 0. The number of carbonyl (C=O) groups is 2. The van der Waals surface area contributed by atoms with E-state index in [0.29, 0.717) is 57.2 Å². The molecule has 0 aliphatic carbocycles. The molecule has 74 heavy (non-hydrogen) atoms. The number of phosphoric acid groups is 1.